The summed E-state index contributed by atoms with van der Waals surface area (Å²) in [5.41, 5.74) is 8.30. The second-order valence-electron chi connectivity index (χ2n) is 4.37. The summed E-state index contributed by atoms with van der Waals surface area (Å²) in [7, 11) is 0. The lowest BCUT2D eigenvalue weighted by atomic mass is 10.0. The standard InChI is InChI=1S/C17H23N/c1-3-10-15(16-11-6-5-7-12-16)13-8-9-14-17(18)4-2/h3,5-8,10-13,17H,1,4,9,14,18H2,2H3/b13-8-,15-10+. The van der Waals surface area contributed by atoms with Gasteiger partial charge in [-0.2, -0.15) is 0 Å². The van der Waals surface area contributed by atoms with Crippen LogP contribution >= 0.6 is 0 Å². The highest BCUT2D eigenvalue weighted by molar-refractivity contribution is 5.74. The Kier molecular flexibility index (Phi) is 6.82. The van der Waals surface area contributed by atoms with E-state index in [-0.39, 0.29) is 0 Å². The minimum atomic E-state index is 0.318. The molecule has 96 valence electrons. The molecule has 0 aromatic heterocycles. The largest absolute Gasteiger partial charge is 0.328 e. The minimum Gasteiger partial charge on any atom is -0.328 e. The van der Waals surface area contributed by atoms with E-state index in [2.05, 4.69) is 37.8 Å². The molecule has 1 heteroatoms. The van der Waals surface area contributed by atoms with Gasteiger partial charge in [-0.25, -0.2) is 0 Å². The fourth-order valence-electron chi connectivity index (χ4n) is 1.73. The van der Waals surface area contributed by atoms with Crippen molar-refractivity contribution in [2.75, 3.05) is 0 Å². The molecule has 0 fully saturated rings. The molecule has 0 bridgehead atoms. The van der Waals surface area contributed by atoms with E-state index in [1.54, 1.807) is 0 Å². The Labute approximate surface area is 111 Å². The predicted molar refractivity (Wildman–Crippen MR) is 81.3 cm³/mol. The molecular formula is C17H23N. The number of hydrogen-bond donors (Lipinski definition) is 1. The van der Waals surface area contributed by atoms with Crippen molar-refractivity contribution in [3.8, 4) is 0 Å². The van der Waals surface area contributed by atoms with Gasteiger partial charge in [-0.3, -0.25) is 0 Å². The van der Waals surface area contributed by atoms with Crippen LogP contribution in [-0.4, -0.2) is 6.04 Å². The van der Waals surface area contributed by atoms with Gasteiger partial charge in [-0.05, 0) is 30.4 Å². The van der Waals surface area contributed by atoms with Crippen LogP contribution in [0.4, 0.5) is 0 Å². The highest BCUT2D eigenvalue weighted by Crippen LogP contribution is 2.16. The van der Waals surface area contributed by atoms with Crippen LogP contribution in [0.3, 0.4) is 0 Å². The molecule has 1 aromatic rings. The van der Waals surface area contributed by atoms with Crippen molar-refractivity contribution in [2.45, 2.75) is 32.2 Å². The van der Waals surface area contributed by atoms with Crippen LogP contribution in [0.1, 0.15) is 31.7 Å². The maximum Gasteiger partial charge on any atom is 0.00391 e. The molecule has 0 aliphatic heterocycles. The van der Waals surface area contributed by atoms with E-state index in [4.69, 9.17) is 5.73 Å². The summed E-state index contributed by atoms with van der Waals surface area (Å²) in [5, 5.41) is 0. The van der Waals surface area contributed by atoms with Crippen molar-refractivity contribution < 1.29 is 0 Å². The molecular weight excluding hydrogens is 218 g/mol. The molecule has 0 heterocycles. The van der Waals surface area contributed by atoms with Crippen LogP contribution in [0.25, 0.3) is 5.57 Å². The van der Waals surface area contributed by atoms with E-state index >= 15 is 0 Å². The summed E-state index contributed by atoms with van der Waals surface area (Å²) >= 11 is 0. The van der Waals surface area contributed by atoms with E-state index < -0.39 is 0 Å². The van der Waals surface area contributed by atoms with Crippen molar-refractivity contribution in [3.05, 3.63) is 66.8 Å². The molecule has 18 heavy (non-hydrogen) atoms. The number of rotatable bonds is 7. The van der Waals surface area contributed by atoms with E-state index in [9.17, 15) is 0 Å². The summed E-state index contributed by atoms with van der Waals surface area (Å²) in [6.07, 6.45) is 11.3. The third kappa shape index (κ3) is 5.15. The van der Waals surface area contributed by atoms with Crippen LogP contribution < -0.4 is 5.73 Å². The van der Waals surface area contributed by atoms with Crippen LogP contribution in [0.2, 0.25) is 0 Å². The Morgan fingerprint density at radius 3 is 2.67 bits per heavy atom. The minimum absolute atomic E-state index is 0.318. The van der Waals surface area contributed by atoms with Crippen molar-refractivity contribution in [1.29, 1.82) is 0 Å². The first-order chi connectivity index (χ1) is 8.77. The average Bonchev–Trinajstić information content (AvgIpc) is 2.43. The Hall–Kier alpha value is -1.60. The molecule has 2 N–H and O–H groups in total. The van der Waals surface area contributed by atoms with Gasteiger partial charge in [0.25, 0.3) is 0 Å². The highest BCUT2D eigenvalue weighted by Gasteiger charge is 1.97. The van der Waals surface area contributed by atoms with E-state index in [1.807, 2.05) is 30.4 Å². The Bertz CT molecular complexity index is 401. The normalized spacial score (nSPS) is 13.8. The number of allylic oxidation sites excluding steroid dienone is 5. The first-order valence-corrected chi connectivity index (χ1v) is 6.58. The molecule has 1 nitrogen and oxygen atoms in total. The zero-order valence-corrected chi connectivity index (χ0v) is 11.2. The maximum absolute atomic E-state index is 5.89. The second-order valence-corrected chi connectivity index (χ2v) is 4.37. The fraction of sp³-hybridized carbons (Fsp3) is 0.294. The summed E-state index contributed by atoms with van der Waals surface area (Å²) in [5.74, 6) is 0. The van der Waals surface area contributed by atoms with Crippen molar-refractivity contribution in [2.24, 2.45) is 5.73 Å². The number of benzene rings is 1. The molecule has 1 atom stereocenters. The molecule has 0 aliphatic carbocycles. The fourth-order valence-corrected chi connectivity index (χ4v) is 1.73. The van der Waals surface area contributed by atoms with E-state index in [0.29, 0.717) is 6.04 Å². The molecule has 0 saturated heterocycles. The third-order valence-corrected chi connectivity index (χ3v) is 2.93. The zero-order valence-electron chi connectivity index (χ0n) is 11.2. The van der Waals surface area contributed by atoms with Gasteiger partial charge in [0.1, 0.15) is 0 Å². The van der Waals surface area contributed by atoms with Gasteiger partial charge in [-0.1, -0.05) is 68.1 Å². The molecule has 1 rings (SSSR count). The van der Waals surface area contributed by atoms with Crippen LogP contribution in [-0.2, 0) is 0 Å². The first kappa shape index (κ1) is 14.5. The molecule has 0 amide bonds. The van der Waals surface area contributed by atoms with Crippen molar-refractivity contribution >= 4 is 5.57 Å². The smallest absolute Gasteiger partial charge is 0.00391 e. The van der Waals surface area contributed by atoms with E-state index in [0.717, 1.165) is 19.3 Å². The summed E-state index contributed by atoms with van der Waals surface area (Å²) in [6, 6.07) is 10.7. The quantitative estimate of drug-likeness (QED) is 0.706. The monoisotopic (exact) mass is 241 g/mol. The van der Waals surface area contributed by atoms with Crippen LogP contribution in [0, 0.1) is 0 Å². The molecule has 0 spiro atoms. The van der Waals surface area contributed by atoms with Crippen molar-refractivity contribution in [3.63, 3.8) is 0 Å². The van der Waals surface area contributed by atoms with Gasteiger partial charge in [0, 0.05) is 6.04 Å². The third-order valence-electron chi connectivity index (χ3n) is 2.93. The Morgan fingerprint density at radius 1 is 1.33 bits per heavy atom. The van der Waals surface area contributed by atoms with Crippen LogP contribution in [0.15, 0.2) is 61.2 Å². The summed E-state index contributed by atoms with van der Waals surface area (Å²) in [4.78, 5) is 0. The molecule has 0 saturated carbocycles. The Morgan fingerprint density at radius 2 is 2.06 bits per heavy atom. The summed E-state index contributed by atoms with van der Waals surface area (Å²) < 4.78 is 0. The molecule has 0 aliphatic rings. The van der Waals surface area contributed by atoms with Gasteiger partial charge in [0.15, 0.2) is 0 Å². The van der Waals surface area contributed by atoms with E-state index in [1.165, 1.54) is 11.1 Å². The highest BCUT2D eigenvalue weighted by atomic mass is 14.6. The SMILES string of the molecule is C=C/C=C(\C=C/CCC(N)CC)c1ccccc1. The van der Waals surface area contributed by atoms with Gasteiger partial charge in [0.2, 0.25) is 0 Å². The van der Waals surface area contributed by atoms with Gasteiger partial charge >= 0.3 is 0 Å². The Balaban J connectivity index is 2.62. The summed E-state index contributed by atoms with van der Waals surface area (Å²) in [6.45, 7) is 5.89. The second kappa shape index (κ2) is 8.48. The van der Waals surface area contributed by atoms with Crippen LogP contribution in [0.5, 0.6) is 0 Å². The predicted octanol–water partition coefficient (Wildman–Crippen LogP) is 4.33. The molecule has 1 unspecified atom stereocenters. The van der Waals surface area contributed by atoms with Gasteiger partial charge < -0.3 is 5.73 Å². The average molecular weight is 241 g/mol. The van der Waals surface area contributed by atoms with Gasteiger partial charge in [0.05, 0.1) is 0 Å². The number of nitrogens with two attached hydrogens (primary N) is 1. The van der Waals surface area contributed by atoms with Crippen molar-refractivity contribution in [1.82, 2.24) is 0 Å². The molecule has 0 radical (unpaired) electrons. The molecule has 1 aromatic carbocycles. The lowest BCUT2D eigenvalue weighted by Gasteiger charge is -2.05. The lowest BCUT2D eigenvalue weighted by molar-refractivity contribution is 0.602. The topological polar surface area (TPSA) is 26.0 Å². The first-order valence-electron chi connectivity index (χ1n) is 6.58. The maximum atomic E-state index is 5.89. The lowest BCUT2D eigenvalue weighted by Crippen LogP contribution is -2.17. The zero-order chi connectivity index (χ0) is 13.2. The van der Waals surface area contributed by atoms with Gasteiger partial charge in [-0.15, -0.1) is 0 Å². The number of hydrogen-bond acceptors (Lipinski definition) is 1.